The Labute approximate surface area is 134 Å². The van der Waals surface area contributed by atoms with Crippen LogP contribution in [0.2, 0.25) is 5.02 Å². The fourth-order valence-corrected chi connectivity index (χ4v) is 3.00. The van der Waals surface area contributed by atoms with Crippen LogP contribution in [-0.2, 0) is 24.2 Å². The first-order valence-electron chi connectivity index (χ1n) is 7.48. The quantitative estimate of drug-likeness (QED) is 0.874. The summed E-state index contributed by atoms with van der Waals surface area (Å²) >= 11 is 6.02. The number of carbonyl (C=O) groups excluding carboxylic acids is 1. The van der Waals surface area contributed by atoms with Gasteiger partial charge in [-0.3, -0.25) is 4.79 Å². The second kappa shape index (κ2) is 6.08. The van der Waals surface area contributed by atoms with Gasteiger partial charge in [0.25, 0.3) is 0 Å². The molecule has 0 radical (unpaired) electrons. The van der Waals surface area contributed by atoms with E-state index in [0.29, 0.717) is 13.0 Å². The van der Waals surface area contributed by atoms with Crippen LogP contribution in [0, 0.1) is 0 Å². The third kappa shape index (κ3) is 2.99. The molecule has 0 aliphatic carbocycles. The molecule has 116 valence electrons. The molecule has 2 aromatic rings. The molecule has 0 spiro atoms. The molecule has 1 aliphatic heterocycles. The van der Waals surface area contributed by atoms with Gasteiger partial charge in [0.15, 0.2) is 0 Å². The van der Waals surface area contributed by atoms with Crippen molar-refractivity contribution in [2.45, 2.75) is 39.3 Å². The van der Waals surface area contributed by atoms with E-state index in [1.165, 1.54) is 11.1 Å². The molecule has 2 heterocycles. The number of aromatic nitrogens is 3. The van der Waals surface area contributed by atoms with Crippen molar-refractivity contribution < 1.29 is 4.79 Å². The zero-order valence-corrected chi connectivity index (χ0v) is 13.5. The number of nitrogens with zero attached hydrogens (tertiary/aromatic N) is 4. The molecule has 6 heteroatoms. The van der Waals surface area contributed by atoms with Gasteiger partial charge >= 0.3 is 0 Å². The van der Waals surface area contributed by atoms with Gasteiger partial charge in [-0.05, 0) is 43.5 Å². The van der Waals surface area contributed by atoms with Crippen LogP contribution in [0.5, 0.6) is 0 Å². The zero-order valence-electron chi connectivity index (χ0n) is 12.8. The van der Waals surface area contributed by atoms with E-state index >= 15 is 0 Å². The van der Waals surface area contributed by atoms with Crippen molar-refractivity contribution in [2.24, 2.45) is 0 Å². The maximum absolute atomic E-state index is 12.5. The molecule has 0 N–H and O–H groups in total. The van der Waals surface area contributed by atoms with Crippen LogP contribution >= 0.6 is 11.6 Å². The maximum Gasteiger partial charge on any atom is 0.230 e. The monoisotopic (exact) mass is 318 g/mol. The number of halogens is 1. The lowest BCUT2D eigenvalue weighted by atomic mass is 9.99. The summed E-state index contributed by atoms with van der Waals surface area (Å²) in [6.45, 7) is 5.47. The molecule has 0 bridgehead atoms. The van der Waals surface area contributed by atoms with E-state index < -0.39 is 0 Å². The van der Waals surface area contributed by atoms with Crippen molar-refractivity contribution in [2.75, 3.05) is 6.54 Å². The lowest BCUT2D eigenvalue weighted by Gasteiger charge is -2.29. The first-order chi connectivity index (χ1) is 10.5. The average Bonchev–Trinajstić information content (AvgIpc) is 2.95. The number of hydrogen-bond acceptors (Lipinski definition) is 3. The van der Waals surface area contributed by atoms with Gasteiger partial charge in [0.1, 0.15) is 12.2 Å². The number of amides is 1. The van der Waals surface area contributed by atoms with E-state index in [1.54, 1.807) is 6.33 Å². The third-order valence-corrected chi connectivity index (χ3v) is 4.28. The number of benzene rings is 1. The van der Waals surface area contributed by atoms with Crippen molar-refractivity contribution in [3.63, 3.8) is 0 Å². The van der Waals surface area contributed by atoms with Crippen molar-refractivity contribution >= 4 is 17.5 Å². The molecule has 1 aromatic carbocycles. The Balaban J connectivity index is 1.71. The second-order valence-electron chi connectivity index (χ2n) is 5.90. The topological polar surface area (TPSA) is 51.0 Å². The first-order valence-corrected chi connectivity index (χ1v) is 7.86. The second-order valence-corrected chi connectivity index (χ2v) is 6.34. The molecule has 1 aromatic heterocycles. The van der Waals surface area contributed by atoms with Gasteiger partial charge in [-0.2, -0.15) is 0 Å². The lowest BCUT2D eigenvalue weighted by molar-refractivity contribution is -0.131. The summed E-state index contributed by atoms with van der Waals surface area (Å²) in [7, 11) is 0. The van der Waals surface area contributed by atoms with E-state index in [2.05, 4.69) is 24.0 Å². The predicted octanol–water partition coefficient (Wildman–Crippen LogP) is 2.64. The molecule has 1 aliphatic rings. The summed E-state index contributed by atoms with van der Waals surface area (Å²) in [4.78, 5) is 14.4. The van der Waals surface area contributed by atoms with Gasteiger partial charge in [-0.15, -0.1) is 10.2 Å². The Morgan fingerprint density at radius 3 is 2.95 bits per heavy atom. The van der Waals surface area contributed by atoms with Crippen LogP contribution in [0.25, 0.3) is 0 Å². The Bertz CT molecular complexity index is 695. The number of carbonyl (C=O) groups is 1. The third-order valence-electron chi connectivity index (χ3n) is 4.05. The Morgan fingerprint density at radius 1 is 1.36 bits per heavy atom. The molecule has 0 fully saturated rings. The van der Waals surface area contributed by atoms with Gasteiger partial charge in [0.05, 0.1) is 6.42 Å². The maximum atomic E-state index is 12.5. The standard InChI is InChI=1S/C16H19ClN4O/c1-11(2)21-10-18-19-15(21)8-16(22)20-6-5-12-7-14(17)4-3-13(12)9-20/h3-4,7,10-11H,5-6,8-9H2,1-2H3. The fraction of sp³-hybridized carbons (Fsp3) is 0.438. The van der Waals surface area contributed by atoms with Gasteiger partial charge in [0, 0.05) is 24.2 Å². The van der Waals surface area contributed by atoms with Gasteiger partial charge < -0.3 is 9.47 Å². The highest BCUT2D eigenvalue weighted by molar-refractivity contribution is 6.30. The van der Waals surface area contributed by atoms with Crippen molar-refractivity contribution in [1.82, 2.24) is 19.7 Å². The zero-order chi connectivity index (χ0) is 15.7. The van der Waals surface area contributed by atoms with E-state index in [4.69, 9.17) is 11.6 Å². The minimum atomic E-state index is 0.0931. The summed E-state index contributed by atoms with van der Waals surface area (Å²) in [5.74, 6) is 0.817. The SMILES string of the molecule is CC(C)n1cnnc1CC(=O)N1CCc2cc(Cl)ccc2C1. The molecule has 1 amide bonds. The Morgan fingerprint density at radius 2 is 2.18 bits per heavy atom. The molecular weight excluding hydrogens is 300 g/mol. The Hall–Kier alpha value is -1.88. The molecule has 3 rings (SSSR count). The van der Waals surface area contributed by atoms with Crippen molar-refractivity contribution in [3.05, 3.63) is 46.5 Å². The van der Waals surface area contributed by atoms with Gasteiger partial charge in [-0.25, -0.2) is 0 Å². The van der Waals surface area contributed by atoms with Gasteiger partial charge in [-0.1, -0.05) is 17.7 Å². The Kier molecular flexibility index (Phi) is 4.16. The van der Waals surface area contributed by atoms with Crippen LogP contribution in [0.3, 0.4) is 0 Å². The molecule has 0 unspecified atom stereocenters. The normalized spacial score (nSPS) is 14.3. The molecule has 22 heavy (non-hydrogen) atoms. The minimum Gasteiger partial charge on any atom is -0.338 e. The van der Waals surface area contributed by atoms with E-state index in [0.717, 1.165) is 23.8 Å². The molecule has 0 saturated carbocycles. The molecule has 5 nitrogen and oxygen atoms in total. The summed E-state index contributed by atoms with van der Waals surface area (Å²) < 4.78 is 1.94. The predicted molar refractivity (Wildman–Crippen MR) is 84.7 cm³/mol. The fourth-order valence-electron chi connectivity index (χ4n) is 2.81. The largest absolute Gasteiger partial charge is 0.338 e. The highest BCUT2D eigenvalue weighted by Crippen LogP contribution is 2.23. The number of hydrogen-bond donors (Lipinski definition) is 0. The van der Waals surface area contributed by atoms with Crippen LogP contribution in [0.4, 0.5) is 0 Å². The van der Waals surface area contributed by atoms with E-state index in [-0.39, 0.29) is 11.9 Å². The van der Waals surface area contributed by atoms with E-state index in [1.807, 2.05) is 27.7 Å². The summed E-state index contributed by atoms with van der Waals surface area (Å²) in [6.07, 6.45) is 2.82. The summed E-state index contributed by atoms with van der Waals surface area (Å²) in [5, 5.41) is 8.74. The summed E-state index contributed by atoms with van der Waals surface area (Å²) in [5.41, 5.74) is 2.41. The highest BCUT2D eigenvalue weighted by Gasteiger charge is 2.22. The molecular formula is C16H19ClN4O. The van der Waals surface area contributed by atoms with Gasteiger partial charge in [0.2, 0.25) is 5.91 Å². The van der Waals surface area contributed by atoms with Crippen LogP contribution in [0.1, 0.15) is 36.8 Å². The number of rotatable bonds is 3. The minimum absolute atomic E-state index is 0.0931. The molecule has 0 saturated heterocycles. The number of fused-ring (bicyclic) bond motifs is 1. The smallest absolute Gasteiger partial charge is 0.230 e. The average molecular weight is 319 g/mol. The lowest BCUT2D eigenvalue weighted by Crippen LogP contribution is -2.37. The van der Waals surface area contributed by atoms with Crippen LogP contribution < -0.4 is 0 Å². The summed E-state index contributed by atoms with van der Waals surface area (Å²) in [6, 6.07) is 6.13. The van der Waals surface area contributed by atoms with E-state index in [9.17, 15) is 4.79 Å². The first kappa shape index (κ1) is 15.0. The van der Waals surface area contributed by atoms with Crippen LogP contribution in [0.15, 0.2) is 24.5 Å². The van der Waals surface area contributed by atoms with Crippen LogP contribution in [-0.4, -0.2) is 32.1 Å². The van der Waals surface area contributed by atoms with Crippen molar-refractivity contribution in [3.8, 4) is 0 Å². The van der Waals surface area contributed by atoms with Crippen molar-refractivity contribution in [1.29, 1.82) is 0 Å². The molecule has 0 atom stereocenters. The highest BCUT2D eigenvalue weighted by atomic mass is 35.5.